The summed E-state index contributed by atoms with van der Waals surface area (Å²) in [7, 11) is 0. The second-order valence-electron chi connectivity index (χ2n) is 9.39. The van der Waals surface area contributed by atoms with Gasteiger partial charge in [0.15, 0.2) is 5.82 Å². The minimum Gasteiger partial charge on any atom is -0.262 e. The molecule has 0 bridgehead atoms. The summed E-state index contributed by atoms with van der Waals surface area (Å²) in [5.74, 6) is 0.291. The van der Waals surface area contributed by atoms with Gasteiger partial charge in [0.2, 0.25) is 0 Å². The van der Waals surface area contributed by atoms with Crippen molar-refractivity contribution in [3.63, 3.8) is 0 Å². The number of aromatic amines is 1. The van der Waals surface area contributed by atoms with Gasteiger partial charge < -0.3 is 0 Å². The van der Waals surface area contributed by atoms with E-state index >= 15 is 0 Å². The summed E-state index contributed by atoms with van der Waals surface area (Å²) < 4.78 is 28.1. The van der Waals surface area contributed by atoms with E-state index in [1.54, 1.807) is 17.1 Å². The molecule has 2 aromatic carbocycles. The smallest absolute Gasteiger partial charge is 0.262 e. The number of nitrogens with one attached hydrogen (secondary N) is 1. The molecule has 0 aliphatic heterocycles. The fourth-order valence-electron chi connectivity index (χ4n) is 3.34. The Labute approximate surface area is 228 Å². The van der Waals surface area contributed by atoms with Crippen molar-refractivity contribution < 1.29 is 29.8 Å². The van der Waals surface area contributed by atoms with Crippen LogP contribution in [0.15, 0.2) is 73.1 Å². The Morgan fingerprint density at radius 3 is 2.35 bits per heavy atom. The molecule has 37 heavy (non-hydrogen) atoms. The topological polar surface area (TPSA) is 85.2 Å². The molecule has 3 heterocycles. The van der Waals surface area contributed by atoms with Gasteiger partial charge >= 0.3 is 21.1 Å². The van der Waals surface area contributed by atoms with E-state index in [4.69, 9.17) is 0 Å². The molecule has 5 aromatic rings. The van der Waals surface area contributed by atoms with Crippen molar-refractivity contribution in [1.82, 2.24) is 35.2 Å². The standard InChI is InChI=1S/C15H11F2N3.C12H16N4.Pt/c16-12-6-7-13(14(17)8-12)15-10-20(19-18-15)9-11-4-2-1-3-5-11;1-8-5-6-13-9(7-8)10-14-11(16-15-10)12(2,3)4;/h1-8,10H,9H2;5-7H,1-4H3,(H,14,15,16);/q;;+2. The quantitative estimate of drug-likeness (QED) is 0.262. The molecular weight excluding hydrogens is 655 g/mol. The van der Waals surface area contributed by atoms with Crippen molar-refractivity contribution >= 4 is 0 Å². The first-order valence-corrected chi connectivity index (χ1v) is 11.4. The predicted octanol–water partition coefficient (Wildman–Crippen LogP) is 5.74. The van der Waals surface area contributed by atoms with Crippen molar-refractivity contribution in [3.05, 3.63) is 102 Å². The van der Waals surface area contributed by atoms with Gasteiger partial charge in [-0.1, -0.05) is 56.3 Å². The maximum Gasteiger partial charge on any atom is 2.00 e. The second-order valence-corrected chi connectivity index (χ2v) is 9.39. The largest absolute Gasteiger partial charge is 2.00 e. The molecule has 3 aromatic heterocycles. The number of H-pyrrole nitrogens is 1. The molecule has 0 saturated heterocycles. The van der Waals surface area contributed by atoms with Gasteiger partial charge in [-0.3, -0.25) is 10.1 Å². The van der Waals surface area contributed by atoms with Gasteiger partial charge in [-0.15, -0.1) is 5.10 Å². The fourth-order valence-corrected chi connectivity index (χ4v) is 3.34. The summed E-state index contributed by atoms with van der Waals surface area (Å²) in [5.41, 5.74) is 3.65. The Morgan fingerprint density at radius 1 is 0.946 bits per heavy atom. The number of halogens is 2. The first kappa shape index (κ1) is 28.0. The van der Waals surface area contributed by atoms with E-state index in [1.807, 2.05) is 49.4 Å². The molecule has 192 valence electrons. The number of aromatic nitrogens is 7. The van der Waals surface area contributed by atoms with Gasteiger partial charge in [0.1, 0.15) is 28.8 Å². The van der Waals surface area contributed by atoms with Crippen LogP contribution in [0.5, 0.6) is 0 Å². The Balaban J connectivity index is 0.000000205. The van der Waals surface area contributed by atoms with Crippen molar-refractivity contribution in [3.8, 4) is 22.8 Å². The normalized spacial score (nSPS) is 10.9. The van der Waals surface area contributed by atoms with Crippen LogP contribution < -0.4 is 0 Å². The van der Waals surface area contributed by atoms with Gasteiger partial charge in [-0.05, 0) is 42.3 Å². The molecule has 0 atom stereocenters. The van der Waals surface area contributed by atoms with Crippen molar-refractivity contribution in [2.45, 2.75) is 39.7 Å². The average Bonchev–Trinajstić information content (AvgIpc) is 3.51. The average molecular weight is 683 g/mol. The Hall–Kier alpha value is -3.58. The van der Waals surface area contributed by atoms with Crippen molar-refractivity contribution in [1.29, 1.82) is 0 Å². The van der Waals surface area contributed by atoms with E-state index in [1.165, 1.54) is 12.1 Å². The number of hydrogen-bond donors (Lipinski definition) is 1. The SMILES string of the molecule is Cc1ccnc(-c2n[nH]c(C(C)(C)C)n2)c1.Fc1ccc(-c2cn(Cc3ccccc3)nn2)c(F)c1.[Pt+2]. The summed E-state index contributed by atoms with van der Waals surface area (Å²) in [6.07, 6.45) is 3.42. The molecule has 0 aliphatic carbocycles. The third-order valence-electron chi connectivity index (χ3n) is 5.27. The van der Waals surface area contributed by atoms with E-state index in [-0.39, 0.29) is 32.0 Å². The number of nitrogens with zero attached hydrogens (tertiary/aromatic N) is 6. The summed E-state index contributed by atoms with van der Waals surface area (Å²) >= 11 is 0. The Morgan fingerprint density at radius 2 is 1.70 bits per heavy atom. The number of pyridine rings is 1. The van der Waals surface area contributed by atoms with Gasteiger partial charge in [-0.2, -0.15) is 5.10 Å². The molecule has 5 rings (SSSR count). The van der Waals surface area contributed by atoms with Crippen LogP contribution in [0.2, 0.25) is 0 Å². The van der Waals surface area contributed by atoms with Gasteiger partial charge in [0.05, 0.1) is 12.7 Å². The zero-order chi connectivity index (χ0) is 25.7. The Bertz CT molecular complexity index is 1440. The fraction of sp³-hybridized carbons (Fsp3) is 0.222. The summed E-state index contributed by atoms with van der Waals surface area (Å²) in [6, 6.07) is 17.1. The van der Waals surface area contributed by atoms with Crippen LogP contribution in [0.4, 0.5) is 8.78 Å². The van der Waals surface area contributed by atoms with Crippen molar-refractivity contribution in [2.75, 3.05) is 0 Å². The van der Waals surface area contributed by atoms with Gasteiger partial charge in [-0.25, -0.2) is 18.4 Å². The van der Waals surface area contributed by atoms with Gasteiger partial charge in [0.25, 0.3) is 0 Å². The van der Waals surface area contributed by atoms with Gasteiger partial charge in [0, 0.05) is 23.2 Å². The van der Waals surface area contributed by atoms with E-state index in [9.17, 15) is 8.78 Å². The third kappa shape index (κ3) is 7.46. The van der Waals surface area contributed by atoms with E-state index < -0.39 is 11.6 Å². The first-order valence-electron chi connectivity index (χ1n) is 11.4. The summed E-state index contributed by atoms with van der Waals surface area (Å²) in [4.78, 5) is 8.72. The van der Waals surface area contributed by atoms with Crippen LogP contribution in [0, 0.1) is 18.6 Å². The number of aryl methyl sites for hydroxylation is 1. The second kappa shape index (κ2) is 12.1. The van der Waals surface area contributed by atoms with Crippen LogP contribution in [0.25, 0.3) is 22.8 Å². The monoisotopic (exact) mass is 682 g/mol. The zero-order valence-corrected chi connectivity index (χ0v) is 23.2. The minimum atomic E-state index is -0.642. The predicted molar refractivity (Wildman–Crippen MR) is 134 cm³/mol. The first-order chi connectivity index (χ1) is 17.2. The third-order valence-corrected chi connectivity index (χ3v) is 5.27. The number of hydrogen-bond acceptors (Lipinski definition) is 5. The molecule has 7 nitrogen and oxygen atoms in total. The van der Waals surface area contributed by atoms with Crippen LogP contribution in [-0.4, -0.2) is 35.2 Å². The Kier molecular flexibility index (Phi) is 9.16. The maximum atomic E-state index is 13.7. The molecule has 0 unspecified atom stereocenters. The minimum absolute atomic E-state index is 0. The number of rotatable bonds is 4. The maximum absolute atomic E-state index is 13.7. The van der Waals surface area contributed by atoms with E-state index in [0.29, 0.717) is 18.1 Å². The van der Waals surface area contributed by atoms with E-state index in [2.05, 4.69) is 51.2 Å². The van der Waals surface area contributed by atoms with Crippen LogP contribution in [0.1, 0.15) is 37.7 Å². The van der Waals surface area contributed by atoms with Crippen molar-refractivity contribution in [2.24, 2.45) is 0 Å². The molecule has 0 aliphatic rings. The molecular formula is C27H27F2N7Pt+2. The summed E-state index contributed by atoms with van der Waals surface area (Å²) in [6.45, 7) is 8.88. The van der Waals surface area contributed by atoms with Crippen LogP contribution in [0.3, 0.4) is 0 Å². The van der Waals surface area contributed by atoms with E-state index in [0.717, 1.165) is 28.7 Å². The molecule has 0 fully saturated rings. The molecule has 0 amide bonds. The molecule has 0 saturated carbocycles. The molecule has 0 radical (unpaired) electrons. The summed E-state index contributed by atoms with van der Waals surface area (Å²) in [5, 5.41) is 15.0. The van der Waals surface area contributed by atoms with Crippen LogP contribution >= 0.6 is 0 Å². The van der Waals surface area contributed by atoms with Crippen LogP contribution in [-0.2, 0) is 33.0 Å². The molecule has 0 spiro atoms. The molecule has 1 N–H and O–H groups in total. The number of benzene rings is 2. The zero-order valence-electron chi connectivity index (χ0n) is 20.9. The molecule has 10 heteroatoms.